The molecule has 1 atom stereocenters. The van der Waals surface area contributed by atoms with E-state index in [2.05, 4.69) is 10.6 Å². The average molecular weight is 268 g/mol. The molecule has 1 unspecified atom stereocenters. The zero-order chi connectivity index (χ0) is 13.6. The molecule has 0 radical (unpaired) electrons. The highest BCUT2D eigenvalue weighted by atomic mass is 16.5. The molecular weight excluding hydrogens is 240 g/mol. The van der Waals surface area contributed by atoms with E-state index in [-0.39, 0.29) is 11.8 Å². The van der Waals surface area contributed by atoms with Crippen LogP contribution in [0.3, 0.4) is 0 Å². The third-order valence-electron chi connectivity index (χ3n) is 4.70. The van der Waals surface area contributed by atoms with Crippen LogP contribution in [0, 0.1) is 11.3 Å². The monoisotopic (exact) mass is 268 g/mol. The first-order chi connectivity index (χ1) is 9.26. The van der Waals surface area contributed by atoms with E-state index in [0.717, 1.165) is 52.1 Å². The van der Waals surface area contributed by atoms with Gasteiger partial charge in [-0.3, -0.25) is 4.79 Å². The fourth-order valence-electron chi connectivity index (χ4n) is 3.12. The van der Waals surface area contributed by atoms with Gasteiger partial charge in [-0.25, -0.2) is 0 Å². The summed E-state index contributed by atoms with van der Waals surface area (Å²) in [5.74, 6) is 0.424. The second-order valence-electron chi connectivity index (χ2n) is 6.06. The zero-order valence-electron chi connectivity index (χ0n) is 12.2. The fourth-order valence-corrected chi connectivity index (χ4v) is 3.12. The Morgan fingerprint density at radius 2 is 2.26 bits per heavy atom. The zero-order valence-corrected chi connectivity index (χ0v) is 12.2. The van der Waals surface area contributed by atoms with Crippen LogP contribution in [-0.2, 0) is 9.53 Å². The first-order valence-electron chi connectivity index (χ1n) is 7.82. The molecule has 1 saturated carbocycles. The van der Waals surface area contributed by atoms with E-state index in [4.69, 9.17) is 4.74 Å². The lowest BCUT2D eigenvalue weighted by Gasteiger charge is -2.42. The summed E-state index contributed by atoms with van der Waals surface area (Å²) in [6.07, 6.45) is 7.02. The number of amides is 1. The number of rotatable bonds is 7. The number of hydrogen-bond donors (Lipinski definition) is 2. The Morgan fingerprint density at radius 1 is 1.42 bits per heavy atom. The van der Waals surface area contributed by atoms with E-state index in [0.29, 0.717) is 5.41 Å². The molecule has 4 nitrogen and oxygen atoms in total. The van der Waals surface area contributed by atoms with Crippen LogP contribution in [0.4, 0.5) is 0 Å². The van der Waals surface area contributed by atoms with Gasteiger partial charge < -0.3 is 15.4 Å². The Kier molecular flexibility index (Phi) is 5.64. The van der Waals surface area contributed by atoms with Gasteiger partial charge >= 0.3 is 0 Å². The molecule has 2 rings (SSSR count). The molecule has 1 aliphatic heterocycles. The molecule has 110 valence electrons. The van der Waals surface area contributed by atoms with Gasteiger partial charge in [-0.2, -0.15) is 0 Å². The van der Waals surface area contributed by atoms with Crippen molar-refractivity contribution in [1.82, 2.24) is 10.6 Å². The number of carbonyl (C=O) groups excluding carboxylic acids is 1. The van der Waals surface area contributed by atoms with Crippen LogP contribution in [0.25, 0.3) is 0 Å². The summed E-state index contributed by atoms with van der Waals surface area (Å²) in [5.41, 5.74) is 0.326. The summed E-state index contributed by atoms with van der Waals surface area (Å²) in [6, 6.07) is 0. The highest BCUT2D eigenvalue weighted by molar-refractivity contribution is 5.79. The molecular formula is C15H28N2O2. The normalized spacial score (nSPS) is 25.6. The topological polar surface area (TPSA) is 50.4 Å². The van der Waals surface area contributed by atoms with Gasteiger partial charge in [0.2, 0.25) is 5.91 Å². The van der Waals surface area contributed by atoms with Crippen molar-refractivity contribution >= 4 is 5.91 Å². The largest absolute Gasteiger partial charge is 0.382 e. The van der Waals surface area contributed by atoms with Gasteiger partial charge in [-0.1, -0.05) is 6.42 Å². The van der Waals surface area contributed by atoms with Gasteiger partial charge in [0, 0.05) is 26.3 Å². The maximum atomic E-state index is 12.1. The third kappa shape index (κ3) is 4.18. The van der Waals surface area contributed by atoms with Crippen molar-refractivity contribution in [3.05, 3.63) is 0 Å². The molecule has 2 N–H and O–H groups in total. The highest BCUT2D eigenvalue weighted by Crippen LogP contribution is 2.43. The minimum absolute atomic E-state index is 0.178. The first-order valence-corrected chi connectivity index (χ1v) is 7.82. The number of piperidine rings is 1. The molecule has 2 fully saturated rings. The summed E-state index contributed by atoms with van der Waals surface area (Å²) in [4.78, 5) is 12.1. The highest BCUT2D eigenvalue weighted by Gasteiger charge is 2.37. The van der Waals surface area contributed by atoms with Gasteiger partial charge in [0.25, 0.3) is 0 Å². The number of ether oxygens (including phenoxy) is 1. The van der Waals surface area contributed by atoms with E-state index in [1.807, 2.05) is 6.92 Å². The van der Waals surface area contributed by atoms with E-state index in [1.54, 1.807) is 0 Å². The van der Waals surface area contributed by atoms with E-state index in [9.17, 15) is 4.79 Å². The lowest BCUT2D eigenvalue weighted by Crippen LogP contribution is -2.47. The van der Waals surface area contributed by atoms with E-state index < -0.39 is 0 Å². The fraction of sp³-hybridized carbons (Fsp3) is 0.933. The van der Waals surface area contributed by atoms with Crippen LogP contribution >= 0.6 is 0 Å². The van der Waals surface area contributed by atoms with Crippen molar-refractivity contribution in [2.75, 3.05) is 32.8 Å². The van der Waals surface area contributed by atoms with Gasteiger partial charge in [-0.05, 0) is 51.0 Å². The SMILES string of the molecule is CCOCCC1(CNC(=O)C2CCCNC2)CCC1. The second kappa shape index (κ2) is 7.25. The number of nitrogens with one attached hydrogen (secondary N) is 2. The lowest BCUT2D eigenvalue weighted by molar-refractivity contribution is -0.126. The Bertz CT molecular complexity index is 284. The molecule has 0 spiro atoms. The van der Waals surface area contributed by atoms with Crippen molar-refractivity contribution in [2.45, 2.75) is 45.4 Å². The van der Waals surface area contributed by atoms with Crippen molar-refractivity contribution in [3.8, 4) is 0 Å². The molecule has 1 saturated heterocycles. The third-order valence-corrected chi connectivity index (χ3v) is 4.70. The minimum Gasteiger partial charge on any atom is -0.382 e. The van der Waals surface area contributed by atoms with Crippen LogP contribution in [0.2, 0.25) is 0 Å². The maximum absolute atomic E-state index is 12.1. The summed E-state index contributed by atoms with van der Waals surface area (Å²) in [5, 5.41) is 6.49. The average Bonchev–Trinajstić information content (AvgIpc) is 2.41. The van der Waals surface area contributed by atoms with Crippen molar-refractivity contribution in [3.63, 3.8) is 0 Å². The second-order valence-corrected chi connectivity index (χ2v) is 6.06. The summed E-state index contributed by atoms with van der Waals surface area (Å²) < 4.78 is 5.47. The summed E-state index contributed by atoms with van der Waals surface area (Å²) in [6.45, 7) is 6.40. The molecule has 0 aromatic carbocycles. The molecule has 1 aliphatic carbocycles. The van der Waals surface area contributed by atoms with Gasteiger partial charge in [-0.15, -0.1) is 0 Å². The van der Waals surface area contributed by atoms with Crippen LogP contribution in [-0.4, -0.2) is 38.8 Å². The molecule has 19 heavy (non-hydrogen) atoms. The maximum Gasteiger partial charge on any atom is 0.224 e. The van der Waals surface area contributed by atoms with Gasteiger partial charge in [0.05, 0.1) is 5.92 Å². The molecule has 0 bridgehead atoms. The molecule has 4 heteroatoms. The summed E-state index contributed by atoms with van der Waals surface area (Å²) >= 11 is 0. The van der Waals surface area contributed by atoms with Crippen molar-refractivity contribution < 1.29 is 9.53 Å². The Morgan fingerprint density at radius 3 is 2.84 bits per heavy atom. The van der Waals surface area contributed by atoms with Crippen LogP contribution in [0.5, 0.6) is 0 Å². The minimum atomic E-state index is 0.178. The molecule has 1 amide bonds. The molecule has 2 aliphatic rings. The van der Waals surface area contributed by atoms with Gasteiger partial charge in [0.15, 0.2) is 0 Å². The lowest BCUT2D eigenvalue weighted by atomic mass is 9.66. The number of carbonyl (C=O) groups is 1. The van der Waals surface area contributed by atoms with E-state index in [1.165, 1.54) is 19.3 Å². The smallest absolute Gasteiger partial charge is 0.224 e. The standard InChI is InChI=1S/C15H28N2O2/c1-2-19-10-8-15(6-4-7-15)12-17-14(18)13-5-3-9-16-11-13/h13,16H,2-12H2,1H3,(H,17,18). The first kappa shape index (κ1) is 14.8. The van der Waals surface area contributed by atoms with Crippen molar-refractivity contribution in [1.29, 1.82) is 0 Å². The molecule has 0 aromatic heterocycles. The Labute approximate surface area is 116 Å². The quantitative estimate of drug-likeness (QED) is 0.691. The predicted molar refractivity (Wildman–Crippen MR) is 76.0 cm³/mol. The van der Waals surface area contributed by atoms with Crippen LogP contribution in [0.15, 0.2) is 0 Å². The Balaban J connectivity index is 1.71. The van der Waals surface area contributed by atoms with Gasteiger partial charge in [0.1, 0.15) is 0 Å². The van der Waals surface area contributed by atoms with Crippen LogP contribution in [0.1, 0.15) is 45.4 Å². The molecule has 0 aromatic rings. The van der Waals surface area contributed by atoms with Crippen LogP contribution < -0.4 is 10.6 Å². The predicted octanol–water partition coefficient (Wildman–Crippen LogP) is 1.70. The van der Waals surface area contributed by atoms with Crippen molar-refractivity contribution in [2.24, 2.45) is 11.3 Å². The Hall–Kier alpha value is -0.610. The van der Waals surface area contributed by atoms with E-state index >= 15 is 0 Å². The number of hydrogen-bond acceptors (Lipinski definition) is 3. The summed E-state index contributed by atoms with van der Waals surface area (Å²) in [7, 11) is 0. The molecule has 1 heterocycles.